The van der Waals surface area contributed by atoms with Gasteiger partial charge in [0.15, 0.2) is 0 Å². The average Bonchev–Trinajstić information content (AvgIpc) is 2.28. The van der Waals surface area contributed by atoms with Crippen molar-refractivity contribution in [1.82, 2.24) is 4.90 Å². The molecule has 0 aliphatic carbocycles. The standard InChI is InChI=1S/C11H14N2O4/c1-12(8-11(14)17-2)7-9-4-3-5-10(6-9)13(15)16/h3-6H,7-8H2,1-2H3. The maximum absolute atomic E-state index is 11.0. The number of nitro groups is 1. The second-order valence-electron chi connectivity index (χ2n) is 3.68. The number of methoxy groups -OCH3 is 1. The molecule has 1 rings (SSSR count). The monoisotopic (exact) mass is 238 g/mol. The Balaban J connectivity index is 2.65. The van der Waals surface area contributed by atoms with E-state index in [2.05, 4.69) is 4.74 Å². The number of hydrogen-bond donors (Lipinski definition) is 0. The fourth-order valence-electron chi connectivity index (χ4n) is 1.42. The Kier molecular flexibility index (Phi) is 4.59. The lowest BCUT2D eigenvalue weighted by molar-refractivity contribution is -0.384. The molecule has 92 valence electrons. The molecular formula is C11H14N2O4. The van der Waals surface area contributed by atoms with Crippen LogP contribution in [0.5, 0.6) is 0 Å². The summed E-state index contributed by atoms with van der Waals surface area (Å²) in [7, 11) is 3.07. The lowest BCUT2D eigenvalue weighted by atomic mass is 10.2. The summed E-state index contributed by atoms with van der Waals surface area (Å²) in [6, 6.07) is 6.33. The number of ether oxygens (including phenoxy) is 1. The van der Waals surface area contributed by atoms with Crippen molar-refractivity contribution in [2.75, 3.05) is 20.7 Å². The van der Waals surface area contributed by atoms with E-state index in [-0.39, 0.29) is 18.2 Å². The molecule has 0 amide bonds. The number of nitro benzene ring substituents is 1. The molecule has 0 fully saturated rings. The van der Waals surface area contributed by atoms with E-state index in [1.165, 1.54) is 19.2 Å². The van der Waals surface area contributed by atoms with E-state index in [1.54, 1.807) is 24.1 Å². The average molecular weight is 238 g/mol. The number of benzene rings is 1. The van der Waals surface area contributed by atoms with Gasteiger partial charge in [0.05, 0.1) is 18.6 Å². The summed E-state index contributed by atoms with van der Waals surface area (Å²) in [6.45, 7) is 0.607. The van der Waals surface area contributed by atoms with Crippen LogP contribution in [0.3, 0.4) is 0 Å². The lowest BCUT2D eigenvalue weighted by Gasteiger charge is -2.14. The molecule has 1 aromatic rings. The number of non-ortho nitro benzene ring substituents is 1. The number of esters is 1. The van der Waals surface area contributed by atoms with Gasteiger partial charge in [0.25, 0.3) is 5.69 Å². The van der Waals surface area contributed by atoms with Gasteiger partial charge in [-0.2, -0.15) is 0 Å². The number of likely N-dealkylation sites (N-methyl/N-ethyl adjacent to an activating group) is 1. The molecule has 6 nitrogen and oxygen atoms in total. The third-order valence-electron chi connectivity index (χ3n) is 2.20. The van der Waals surface area contributed by atoms with E-state index in [0.29, 0.717) is 6.54 Å². The molecule has 0 saturated carbocycles. The smallest absolute Gasteiger partial charge is 0.319 e. The van der Waals surface area contributed by atoms with E-state index in [9.17, 15) is 14.9 Å². The quantitative estimate of drug-likeness (QED) is 0.438. The second-order valence-corrected chi connectivity index (χ2v) is 3.68. The van der Waals surface area contributed by atoms with Crippen molar-refractivity contribution in [3.05, 3.63) is 39.9 Å². The first kappa shape index (κ1) is 13.1. The largest absolute Gasteiger partial charge is 0.468 e. The molecule has 0 N–H and O–H groups in total. The Hall–Kier alpha value is -1.95. The first-order chi connectivity index (χ1) is 8.02. The first-order valence-corrected chi connectivity index (χ1v) is 5.01. The predicted octanol–water partition coefficient (Wildman–Crippen LogP) is 1.20. The Labute approximate surface area is 98.9 Å². The maximum atomic E-state index is 11.0. The Bertz CT molecular complexity index is 420. The molecule has 0 aliphatic rings. The summed E-state index contributed by atoms with van der Waals surface area (Å²) in [5.41, 5.74) is 0.833. The number of carbonyl (C=O) groups is 1. The van der Waals surface area contributed by atoms with Gasteiger partial charge in [-0.3, -0.25) is 19.8 Å². The van der Waals surface area contributed by atoms with Crippen molar-refractivity contribution in [2.24, 2.45) is 0 Å². The van der Waals surface area contributed by atoms with Crippen molar-refractivity contribution in [2.45, 2.75) is 6.54 Å². The normalized spacial score (nSPS) is 10.3. The zero-order valence-corrected chi connectivity index (χ0v) is 9.75. The van der Waals surface area contributed by atoms with Gasteiger partial charge in [-0.05, 0) is 12.6 Å². The van der Waals surface area contributed by atoms with Gasteiger partial charge in [0, 0.05) is 18.7 Å². The van der Waals surface area contributed by atoms with Crippen molar-refractivity contribution in [1.29, 1.82) is 0 Å². The summed E-state index contributed by atoms with van der Waals surface area (Å²) < 4.78 is 4.53. The highest BCUT2D eigenvalue weighted by Gasteiger charge is 2.09. The first-order valence-electron chi connectivity index (χ1n) is 5.01. The van der Waals surface area contributed by atoms with Gasteiger partial charge < -0.3 is 4.74 Å². The van der Waals surface area contributed by atoms with Crippen LogP contribution in [0.25, 0.3) is 0 Å². The minimum atomic E-state index is -0.441. The van der Waals surface area contributed by atoms with Crippen molar-refractivity contribution in [3.63, 3.8) is 0 Å². The molecule has 6 heteroatoms. The Morgan fingerprint density at radius 2 is 2.24 bits per heavy atom. The maximum Gasteiger partial charge on any atom is 0.319 e. The third-order valence-corrected chi connectivity index (χ3v) is 2.20. The van der Waals surface area contributed by atoms with Gasteiger partial charge in [-0.25, -0.2) is 0 Å². The van der Waals surface area contributed by atoms with Crippen LogP contribution in [-0.2, 0) is 16.1 Å². The summed E-state index contributed by atoms with van der Waals surface area (Å²) in [6.07, 6.45) is 0. The minimum Gasteiger partial charge on any atom is -0.468 e. The zero-order valence-electron chi connectivity index (χ0n) is 9.75. The van der Waals surface area contributed by atoms with Crippen molar-refractivity contribution in [3.8, 4) is 0 Å². The van der Waals surface area contributed by atoms with Gasteiger partial charge in [-0.15, -0.1) is 0 Å². The molecule has 0 atom stereocenters. The SMILES string of the molecule is COC(=O)CN(C)Cc1cccc([N+](=O)[O-])c1. The van der Waals surface area contributed by atoms with Crippen LogP contribution in [0.2, 0.25) is 0 Å². The molecule has 0 aromatic heterocycles. The van der Waals surface area contributed by atoms with Crippen LogP contribution in [-0.4, -0.2) is 36.5 Å². The molecule has 0 unspecified atom stereocenters. The molecular weight excluding hydrogens is 224 g/mol. The highest BCUT2D eigenvalue weighted by Crippen LogP contribution is 2.14. The predicted molar refractivity (Wildman–Crippen MR) is 61.4 cm³/mol. The van der Waals surface area contributed by atoms with Crippen LogP contribution in [0.1, 0.15) is 5.56 Å². The summed E-state index contributed by atoms with van der Waals surface area (Å²) in [5.74, 6) is -0.335. The summed E-state index contributed by atoms with van der Waals surface area (Å²) in [4.78, 5) is 22.9. The third kappa shape index (κ3) is 4.20. The highest BCUT2D eigenvalue weighted by atomic mass is 16.6. The molecule has 1 aromatic carbocycles. The lowest BCUT2D eigenvalue weighted by Crippen LogP contribution is -2.26. The Morgan fingerprint density at radius 3 is 2.82 bits per heavy atom. The number of hydrogen-bond acceptors (Lipinski definition) is 5. The molecule has 0 saturated heterocycles. The molecule has 0 radical (unpaired) electrons. The van der Waals surface area contributed by atoms with Crippen LogP contribution >= 0.6 is 0 Å². The second kappa shape index (κ2) is 5.95. The van der Waals surface area contributed by atoms with Crippen LogP contribution in [0, 0.1) is 10.1 Å². The minimum absolute atomic E-state index is 0.0500. The topological polar surface area (TPSA) is 72.7 Å². The van der Waals surface area contributed by atoms with E-state index >= 15 is 0 Å². The molecule has 0 aliphatic heterocycles. The molecule has 0 heterocycles. The molecule has 0 bridgehead atoms. The van der Waals surface area contributed by atoms with E-state index in [4.69, 9.17) is 0 Å². The molecule has 17 heavy (non-hydrogen) atoms. The number of nitrogens with zero attached hydrogens (tertiary/aromatic N) is 2. The molecule has 0 spiro atoms. The highest BCUT2D eigenvalue weighted by molar-refractivity contribution is 5.71. The Morgan fingerprint density at radius 1 is 1.53 bits per heavy atom. The van der Waals surface area contributed by atoms with Crippen molar-refractivity contribution < 1.29 is 14.5 Å². The van der Waals surface area contributed by atoms with Gasteiger partial charge in [0.1, 0.15) is 0 Å². The van der Waals surface area contributed by atoms with Gasteiger partial charge in [0.2, 0.25) is 0 Å². The van der Waals surface area contributed by atoms with E-state index < -0.39 is 4.92 Å². The number of carbonyl (C=O) groups excluding carboxylic acids is 1. The van der Waals surface area contributed by atoms with E-state index in [0.717, 1.165) is 5.56 Å². The van der Waals surface area contributed by atoms with Gasteiger partial charge >= 0.3 is 5.97 Å². The van der Waals surface area contributed by atoms with Crippen LogP contribution in [0.4, 0.5) is 5.69 Å². The zero-order chi connectivity index (χ0) is 12.8. The van der Waals surface area contributed by atoms with E-state index in [1.807, 2.05) is 0 Å². The van der Waals surface area contributed by atoms with Crippen molar-refractivity contribution >= 4 is 11.7 Å². The van der Waals surface area contributed by atoms with Gasteiger partial charge in [-0.1, -0.05) is 12.1 Å². The fourth-order valence-corrected chi connectivity index (χ4v) is 1.42. The van der Waals surface area contributed by atoms with Crippen LogP contribution < -0.4 is 0 Å². The summed E-state index contributed by atoms with van der Waals surface area (Å²) in [5, 5.41) is 10.6. The van der Waals surface area contributed by atoms with Crippen LogP contribution in [0.15, 0.2) is 24.3 Å². The summed E-state index contributed by atoms with van der Waals surface area (Å²) >= 11 is 0. The number of rotatable bonds is 5. The fraction of sp³-hybridized carbons (Fsp3) is 0.364.